The van der Waals surface area contributed by atoms with Gasteiger partial charge in [0, 0.05) is 0 Å². The predicted octanol–water partition coefficient (Wildman–Crippen LogP) is 7.25. The molecule has 0 saturated heterocycles. The lowest BCUT2D eigenvalue weighted by Gasteiger charge is -2.13. The fourth-order valence-corrected chi connectivity index (χ4v) is 4.02. The van der Waals surface area contributed by atoms with Crippen molar-refractivity contribution in [2.75, 3.05) is 40.1 Å². The molecule has 182 valence electrons. The van der Waals surface area contributed by atoms with Crippen LogP contribution in [0.3, 0.4) is 0 Å². The van der Waals surface area contributed by atoms with Crippen molar-refractivity contribution in [2.45, 2.75) is 71.1 Å². The van der Waals surface area contributed by atoms with Gasteiger partial charge in [0.1, 0.15) is 5.75 Å². The van der Waals surface area contributed by atoms with E-state index in [1.807, 2.05) is 28.2 Å². The Balaban J connectivity index is 1.69. The first-order chi connectivity index (χ1) is 16.0. The van der Waals surface area contributed by atoms with Gasteiger partial charge < -0.3 is 4.74 Å². The molecule has 1 N–H and O–H groups in total. The molecule has 4 heteroatoms. The lowest BCUT2D eigenvalue weighted by atomic mass is 10.1. The van der Waals surface area contributed by atoms with E-state index in [1.54, 1.807) is 0 Å². The number of anilines is 1. The summed E-state index contributed by atoms with van der Waals surface area (Å²) in [6, 6.07) is 17.0. The third kappa shape index (κ3) is 10.3. The molecule has 0 aliphatic rings. The van der Waals surface area contributed by atoms with Crippen LogP contribution in [0.25, 0.3) is 11.1 Å². The number of hydrogen-bond donors (Lipinski definition) is 1. The summed E-state index contributed by atoms with van der Waals surface area (Å²) in [5, 5.41) is 3.47. The van der Waals surface area contributed by atoms with Gasteiger partial charge in [0.25, 0.3) is 0 Å². The van der Waals surface area contributed by atoms with Gasteiger partial charge >= 0.3 is 5.96 Å². The molecule has 0 heterocycles. The Bertz CT molecular complexity index is 806. The summed E-state index contributed by atoms with van der Waals surface area (Å²) in [5.41, 5.74) is 3.49. The number of rotatable bonds is 14. The zero-order chi connectivity index (χ0) is 23.9. The Kier molecular flexibility index (Phi) is 12.5. The van der Waals surface area contributed by atoms with Gasteiger partial charge in [0.05, 0.1) is 40.5 Å². The summed E-state index contributed by atoms with van der Waals surface area (Å²) < 4.78 is 8.03. The third-order valence-corrected chi connectivity index (χ3v) is 5.94. The normalized spacial score (nSPS) is 10.7. The van der Waals surface area contributed by atoms with Crippen LogP contribution >= 0.6 is 0 Å². The fraction of sp³-hybridized carbons (Fsp3) is 0.552. The molecule has 0 bridgehead atoms. The van der Waals surface area contributed by atoms with E-state index in [-0.39, 0.29) is 0 Å². The Morgan fingerprint density at radius 2 is 1.21 bits per heavy atom. The van der Waals surface area contributed by atoms with Gasteiger partial charge in [-0.1, -0.05) is 89.0 Å². The minimum Gasteiger partial charge on any atom is -0.494 e. The number of hydrogen-bond acceptors (Lipinski definition) is 1. The Labute approximate surface area is 202 Å². The highest BCUT2D eigenvalue weighted by Gasteiger charge is 2.12. The minimum atomic E-state index is 0.812. The Morgan fingerprint density at radius 3 is 1.70 bits per heavy atom. The van der Waals surface area contributed by atoms with Crippen LogP contribution in [0.15, 0.2) is 48.5 Å². The van der Waals surface area contributed by atoms with Gasteiger partial charge in [-0.3, -0.25) is 9.48 Å². The van der Waals surface area contributed by atoms with E-state index in [1.165, 1.54) is 68.9 Å². The maximum atomic E-state index is 5.95. The first-order valence-corrected chi connectivity index (χ1v) is 12.8. The smallest absolute Gasteiger partial charge is 0.352 e. The van der Waals surface area contributed by atoms with Crippen molar-refractivity contribution in [1.82, 2.24) is 4.90 Å². The van der Waals surface area contributed by atoms with Crippen LogP contribution in [-0.4, -0.2) is 50.2 Å². The second kappa shape index (κ2) is 15.4. The number of ether oxygens (including phenoxy) is 1. The van der Waals surface area contributed by atoms with Gasteiger partial charge in [-0.05, 0) is 41.8 Å². The molecule has 0 spiro atoms. The maximum Gasteiger partial charge on any atom is 0.352 e. The quantitative estimate of drug-likeness (QED) is 0.141. The molecular formula is C29H46N3O+. The van der Waals surface area contributed by atoms with E-state index in [2.05, 4.69) is 70.2 Å². The lowest BCUT2D eigenvalue weighted by molar-refractivity contribution is -0.469. The van der Waals surface area contributed by atoms with Crippen molar-refractivity contribution in [3.63, 3.8) is 0 Å². The average molecular weight is 453 g/mol. The molecule has 0 aromatic heterocycles. The average Bonchev–Trinajstić information content (AvgIpc) is 2.81. The lowest BCUT2D eigenvalue weighted by Crippen LogP contribution is -2.36. The number of guanidine groups is 1. The molecule has 0 amide bonds. The van der Waals surface area contributed by atoms with Gasteiger partial charge in [0.15, 0.2) is 0 Å². The zero-order valence-electron chi connectivity index (χ0n) is 21.7. The van der Waals surface area contributed by atoms with Crippen LogP contribution in [0.4, 0.5) is 5.69 Å². The van der Waals surface area contributed by atoms with E-state index in [9.17, 15) is 0 Å². The number of unbranched alkanes of at least 4 members (excludes halogenated alkanes) is 9. The standard InChI is InChI=1S/C29H45N3O/c1-6-7-8-9-10-11-12-13-14-15-24-33-28-22-18-26(19-23-28)25-16-20-27(21-17-25)30-29(31(2)3)32(4)5/h16-23H,6-15,24H2,1-5H3/p+1. The third-order valence-electron chi connectivity index (χ3n) is 5.94. The molecule has 0 fully saturated rings. The molecule has 33 heavy (non-hydrogen) atoms. The number of benzene rings is 2. The van der Waals surface area contributed by atoms with E-state index in [4.69, 9.17) is 4.74 Å². The van der Waals surface area contributed by atoms with Gasteiger partial charge in [-0.25, -0.2) is 5.32 Å². The minimum absolute atomic E-state index is 0.812. The first kappa shape index (κ1) is 26.8. The largest absolute Gasteiger partial charge is 0.494 e. The molecule has 2 aromatic rings. The monoisotopic (exact) mass is 452 g/mol. The zero-order valence-corrected chi connectivity index (χ0v) is 21.7. The highest BCUT2D eigenvalue weighted by atomic mass is 16.5. The molecule has 4 nitrogen and oxygen atoms in total. The summed E-state index contributed by atoms with van der Waals surface area (Å²) in [4.78, 5) is 2.07. The summed E-state index contributed by atoms with van der Waals surface area (Å²) >= 11 is 0. The van der Waals surface area contributed by atoms with Gasteiger partial charge in [-0.2, -0.15) is 0 Å². The van der Waals surface area contributed by atoms with Crippen LogP contribution in [0, 0.1) is 0 Å². The van der Waals surface area contributed by atoms with Crippen LogP contribution in [0.2, 0.25) is 0 Å². The topological polar surface area (TPSA) is 27.5 Å². The Hall–Kier alpha value is -2.49. The summed E-state index contributed by atoms with van der Waals surface area (Å²) in [6.45, 7) is 3.09. The summed E-state index contributed by atoms with van der Waals surface area (Å²) in [6.07, 6.45) is 13.5. The van der Waals surface area contributed by atoms with Crippen molar-refractivity contribution in [3.8, 4) is 16.9 Å². The van der Waals surface area contributed by atoms with Crippen molar-refractivity contribution < 1.29 is 9.31 Å². The molecule has 2 rings (SSSR count). The summed E-state index contributed by atoms with van der Waals surface area (Å²) in [7, 11) is 8.15. The highest BCUT2D eigenvalue weighted by Crippen LogP contribution is 2.24. The molecule has 0 saturated carbocycles. The van der Waals surface area contributed by atoms with E-state index >= 15 is 0 Å². The number of nitrogens with one attached hydrogen (secondary N) is 1. The van der Waals surface area contributed by atoms with E-state index < -0.39 is 0 Å². The maximum absolute atomic E-state index is 5.95. The van der Waals surface area contributed by atoms with Crippen molar-refractivity contribution in [1.29, 1.82) is 0 Å². The molecule has 0 radical (unpaired) electrons. The second-order valence-corrected chi connectivity index (χ2v) is 9.37. The predicted molar refractivity (Wildman–Crippen MR) is 144 cm³/mol. The SMILES string of the molecule is CCCCCCCCCCCCOc1ccc(-c2ccc(NC(N(C)C)=[N+](C)C)cc2)cc1. The number of nitrogens with zero attached hydrogens (tertiary/aromatic N) is 2. The fourth-order valence-electron chi connectivity index (χ4n) is 4.02. The Morgan fingerprint density at radius 1 is 0.727 bits per heavy atom. The summed E-state index contributed by atoms with van der Waals surface area (Å²) in [5.74, 6) is 2.01. The first-order valence-electron chi connectivity index (χ1n) is 12.8. The van der Waals surface area contributed by atoms with Crippen LogP contribution in [0.1, 0.15) is 71.1 Å². The molecule has 0 atom stereocenters. The molecule has 0 aliphatic carbocycles. The van der Waals surface area contributed by atoms with Gasteiger partial charge in [0.2, 0.25) is 0 Å². The van der Waals surface area contributed by atoms with Crippen molar-refractivity contribution in [3.05, 3.63) is 48.5 Å². The molecule has 0 aliphatic heterocycles. The second-order valence-electron chi connectivity index (χ2n) is 9.37. The van der Waals surface area contributed by atoms with Crippen LogP contribution in [-0.2, 0) is 0 Å². The van der Waals surface area contributed by atoms with Gasteiger partial charge in [-0.15, -0.1) is 0 Å². The van der Waals surface area contributed by atoms with Crippen LogP contribution in [0.5, 0.6) is 5.75 Å². The highest BCUT2D eigenvalue weighted by molar-refractivity contribution is 5.89. The van der Waals surface area contributed by atoms with Crippen molar-refractivity contribution in [2.24, 2.45) is 0 Å². The van der Waals surface area contributed by atoms with Crippen LogP contribution < -0.4 is 10.1 Å². The molecule has 0 unspecified atom stereocenters. The van der Waals surface area contributed by atoms with Crippen molar-refractivity contribution >= 4 is 11.6 Å². The van der Waals surface area contributed by atoms with E-state index in [0.717, 1.165) is 30.4 Å². The molecule has 2 aromatic carbocycles. The molecular weight excluding hydrogens is 406 g/mol. The van der Waals surface area contributed by atoms with E-state index in [0.29, 0.717) is 0 Å².